The van der Waals surface area contributed by atoms with Crippen LogP contribution >= 0.6 is 0 Å². The van der Waals surface area contributed by atoms with Crippen LogP contribution < -0.4 is 5.43 Å². The van der Waals surface area contributed by atoms with Crippen LogP contribution in [0.5, 0.6) is 5.75 Å². The van der Waals surface area contributed by atoms with Crippen molar-refractivity contribution in [1.82, 2.24) is 4.90 Å². The van der Waals surface area contributed by atoms with Gasteiger partial charge in [-0.15, -0.1) is 0 Å². The minimum atomic E-state index is -1.67. The number of benzene rings is 1. The monoisotopic (exact) mass is 425 g/mol. The van der Waals surface area contributed by atoms with Crippen molar-refractivity contribution in [3.05, 3.63) is 63.0 Å². The smallest absolute Gasteiger partial charge is 0.306 e. The number of ether oxygens (including phenoxy) is 1. The fourth-order valence-corrected chi connectivity index (χ4v) is 3.60. The summed E-state index contributed by atoms with van der Waals surface area (Å²) in [7, 11) is 1.12. The average Bonchev–Trinajstić information content (AvgIpc) is 2.73. The zero-order chi connectivity index (χ0) is 21.8. The minimum Gasteiger partial charge on any atom is -0.502 e. The molecule has 0 amide bonds. The van der Waals surface area contributed by atoms with Gasteiger partial charge in [0.05, 0.1) is 26.0 Å². The Morgan fingerprint density at radius 1 is 1.17 bits per heavy atom. The number of hydrogen-bond donors (Lipinski definition) is 1. The minimum absolute atomic E-state index is 0.176. The zero-order valence-corrected chi connectivity index (χ0v) is 16.4. The van der Waals surface area contributed by atoms with Crippen LogP contribution in [0.25, 0.3) is 0 Å². The van der Waals surface area contributed by atoms with Crippen molar-refractivity contribution in [3.63, 3.8) is 0 Å². The van der Waals surface area contributed by atoms with Crippen molar-refractivity contribution in [3.8, 4) is 5.75 Å². The van der Waals surface area contributed by atoms with Gasteiger partial charge in [0.2, 0.25) is 11.2 Å². The van der Waals surface area contributed by atoms with E-state index in [9.17, 15) is 27.9 Å². The number of aromatic hydroxyl groups is 1. The van der Waals surface area contributed by atoms with E-state index in [0.29, 0.717) is 18.7 Å². The maximum absolute atomic E-state index is 13.8. The second-order valence-corrected chi connectivity index (χ2v) is 7.26. The molecule has 1 saturated heterocycles. The third-order valence-electron chi connectivity index (χ3n) is 5.15. The van der Waals surface area contributed by atoms with Crippen molar-refractivity contribution >= 4 is 5.97 Å². The number of likely N-dealkylation sites (tertiary alicyclic amines) is 1. The number of carbonyl (C=O) groups is 1. The first-order valence-corrected chi connectivity index (χ1v) is 9.59. The second-order valence-electron chi connectivity index (χ2n) is 7.26. The summed E-state index contributed by atoms with van der Waals surface area (Å²) < 4.78 is 51.4. The molecule has 2 heterocycles. The lowest BCUT2D eigenvalue weighted by Crippen LogP contribution is -2.29. The van der Waals surface area contributed by atoms with Gasteiger partial charge in [-0.05, 0) is 43.6 Å². The molecule has 30 heavy (non-hydrogen) atoms. The Bertz CT molecular complexity index is 962. The Labute approximate surface area is 170 Å². The lowest BCUT2D eigenvalue weighted by atomic mass is 9.92. The molecule has 1 aromatic carbocycles. The summed E-state index contributed by atoms with van der Waals surface area (Å²) in [6.45, 7) is 1.94. The van der Waals surface area contributed by atoms with Crippen LogP contribution in [-0.4, -0.2) is 36.2 Å². The molecular weight excluding hydrogens is 403 g/mol. The molecule has 0 radical (unpaired) electrons. The van der Waals surface area contributed by atoms with Crippen LogP contribution in [0.2, 0.25) is 0 Å². The van der Waals surface area contributed by atoms with E-state index in [1.807, 2.05) is 0 Å². The van der Waals surface area contributed by atoms with Gasteiger partial charge in [-0.3, -0.25) is 14.5 Å². The maximum Gasteiger partial charge on any atom is 0.306 e. The van der Waals surface area contributed by atoms with E-state index < -0.39 is 46.9 Å². The molecule has 1 aromatic heterocycles. The Morgan fingerprint density at radius 3 is 2.40 bits per heavy atom. The first kappa shape index (κ1) is 21.9. The molecule has 0 spiro atoms. The molecule has 2 aromatic rings. The standard InChI is InChI=1S/C21H22F3NO5/c1-29-18(27)10-14(12-7-15(22)19(24)16(23)8-12)21-20(28)17(26)9-13(30-21)11-25-5-3-2-4-6-25/h7-9,14,28H,2-6,10-11H2,1H3/t14-/m1/s1. The van der Waals surface area contributed by atoms with Crippen LogP contribution in [0, 0.1) is 17.5 Å². The normalized spacial score (nSPS) is 15.7. The predicted octanol–water partition coefficient (Wildman–Crippen LogP) is 3.44. The molecule has 0 bridgehead atoms. The Morgan fingerprint density at radius 2 is 1.80 bits per heavy atom. The van der Waals surface area contributed by atoms with Crippen molar-refractivity contribution in [2.24, 2.45) is 0 Å². The van der Waals surface area contributed by atoms with Crippen LogP contribution in [0.15, 0.2) is 27.4 Å². The zero-order valence-electron chi connectivity index (χ0n) is 16.4. The van der Waals surface area contributed by atoms with Crippen LogP contribution in [0.4, 0.5) is 13.2 Å². The summed E-state index contributed by atoms with van der Waals surface area (Å²) >= 11 is 0. The molecule has 1 aliphatic rings. The van der Waals surface area contributed by atoms with Crippen molar-refractivity contribution in [2.45, 2.75) is 38.1 Å². The molecule has 1 aliphatic heterocycles. The number of nitrogens with zero attached hydrogens (tertiary/aromatic N) is 1. The average molecular weight is 425 g/mol. The van der Waals surface area contributed by atoms with Gasteiger partial charge in [0.25, 0.3) is 0 Å². The van der Waals surface area contributed by atoms with Crippen LogP contribution in [0.1, 0.15) is 48.7 Å². The molecule has 0 aliphatic carbocycles. The van der Waals surface area contributed by atoms with Gasteiger partial charge in [-0.25, -0.2) is 13.2 Å². The van der Waals surface area contributed by atoms with Crippen LogP contribution in [-0.2, 0) is 16.1 Å². The summed E-state index contributed by atoms with van der Waals surface area (Å²) in [5, 5.41) is 10.3. The number of piperidine rings is 1. The van der Waals surface area contributed by atoms with E-state index >= 15 is 0 Å². The van der Waals surface area contributed by atoms with Gasteiger partial charge in [-0.1, -0.05) is 6.42 Å². The molecule has 9 heteroatoms. The Hall–Kier alpha value is -2.81. The number of halogens is 3. The molecule has 1 fully saturated rings. The van der Waals surface area contributed by atoms with E-state index in [1.54, 1.807) is 0 Å². The lowest BCUT2D eigenvalue weighted by Gasteiger charge is -2.26. The molecule has 162 valence electrons. The molecule has 0 saturated carbocycles. The van der Waals surface area contributed by atoms with Crippen molar-refractivity contribution in [2.75, 3.05) is 20.2 Å². The number of esters is 1. The van der Waals surface area contributed by atoms with Gasteiger partial charge >= 0.3 is 5.97 Å². The van der Waals surface area contributed by atoms with Crippen LogP contribution in [0.3, 0.4) is 0 Å². The first-order chi connectivity index (χ1) is 14.3. The first-order valence-electron chi connectivity index (χ1n) is 9.59. The number of methoxy groups -OCH3 is 1. The fourth-order valence-electron chi connectivity index (χ4n) is 3.60. The Balaban J connectivity index is 2.05. The largest absolute Gasteiger partial charge is 0.502 e. The molecule has 0 unspecified atom stereocenters. The van der Waals surface area contributed by atoms with Gasteiger partial charge < -0.3 is 14.3 Å². The molecule has 1 N–H and O–H groups in total. The third kappa shape index (κ3) is 4.84. The summed E-state index contributed by atoms with van der Waals surface area (Å²) in [5.74, 6) is -7.49. The SMILES string of the molecule is COC(=O)C[C@H](c1cc(F)c(F)c(F)c1)c1oc(CN2CCCCC2)cc(=O)c1O. The number of carbonyl (C=O) groups excluding carboxylic acids is 1. The molecule has 1 atom stereocenters. The Kier molecular flexibility index (Phi) is 6.81. The van der Waals surface area contributed by atoms with E-state index in [-0.39, 0.29) is 17.1 Å². The number of hydrogen-bond acceptors (Lipinski definition) is 6. The van der Waals surface area contributed by atoms with E-state index in [0.717, 1.165) is 45.5 Å². The highest BCUT2D eigenvalue weighted by Crippen LogP contribution is 2.35. The highest BCUT2D eigenvalue weighted by molar-refractivity contribution is 5.71. The number of rotatable bonds is 6. The second kappa shape index (κ2) is 9.34. The fraction of sp³-hybridized carbons (Fsp3) is 0.429. The quantitative estimate of drug-likeness (QED) is 0.564. The highest BCUT2D eigenvalue weighted by Gasteiger charge is 2.29. The molecule has 3 rings (SSSR count). The van der Waals surface area contributed by atoms with Crippen molar-refractivity contribution in [1.29, 1.82) is 0 Å². The van der Waals surface area contributed by atoms with Gasteiger partial charge in [0, 0.05) is 6.07 Å². The predicted molar refractivity (Wildman–Crippen MR) is 101 cm³/mol. The van der Waals surface area contributed by atoms with E-state index in [2.05, 4.69) is 9.64 Å². The highest BCUT2D eigenvalue weighted by atomic mass is 19.2. The summed E-state index contributed by atoms with van der Waals surface area (Å²) in [6.07, 6.45) is 2.65. The van der Waals surface area contributed by atoms with Crippen molar-refractivity contribution < 1.29 is 32.2 Å². The summed E-state index contributed by atoms with van der Waals surface area (Å²) in [5.41, 5.74) is -0.924. The summed E-state index contributed by atoms with van der Waals surface area (Å²) in [6, 6.07) is 2.54. The maximum atomic E-state index is 13.8. The lowest BCUT2D eigenvalue weighted by molar-refractivity contribution is -0.140. The molecule has 6 nitrogen and oxygen atoms in total. The van der Waals surface area contributed by atoms with Gasteiger partial charge in [-0.2, -0.15) is 0 Å². The summed E-state index contributed by atoms with van der Waals surface area (Å²) in [4.78, 5) is 26.3. The van der Waals surface area contributed by atoms with E-state index in [1.165, 1.54) is 0 Å². The third-order valence-corrected chi connectivity index (χ3v) is 5.15. The van der Waals surface area contributed by atoms with Gasteiger partial charge in [0.15, 0.2) is 23.2 Å². The topological polar surface area (TPSA) is 80.0 Å². The van der Waals surface area contributed by atoms with E-state index in [4.69, 9.17) is 4.42 Å². The molecular formula is C21H22F3NO5. The van der Waals surface area contributed by atoms with Gasteiger partial charge in [0.1, 0.15) is 5.76 Å².